The minimum atomic E-state index is -0.125. The summed E-state index contributed by atoms with van der Waals surface area (Å²) >= 11 is 6.05. The molecule has 3 aromatic rings. The lowest BCUT2D eigenvalue weighted by atomic mass is 10.1. The van der Waals surface area contributed by atoms with Gasteiger partial charge in [0.15, 0.2) is 5.78 Å². The molecule has 0 spiro atoms. The molecule has 1 amide bonds. The fraction of sp³-hybridized carbons (Fsp3) is 0.167. The van der Waals surface area contributed by atoms with Crippen molar-refractivity contribution in [1.82, 2.24) is 14.5 Å². The van der Waals surface area contributed by atoms with Gasteiger partial charge in [-0.1, -0.05) is 17.7 Å². The zero-order chi connectivity index (χ0) is 16.7. The first-order valence-electron chi connectivity index (χ1n) is 7.66. The molecule has 1 aromatic heterocycles. The number of rotatable bonds is 2. The number of imidazole rings is 1. The molecular formula is C18H14ClN3O2. The number of amides is 1. The van der Waals surface area contributed by atoms with Crippen LogP contribution in [0, 0.1) is 0 Å². The lowest BCUT2D eigenvalue weighted by Crippen LogP contribution is -2.28. The molecule has 120 valence electrons. The lowest BCUT2D eigenvalue weighted by molar-refractivity contribution is -0.116. The predicted octanol–water partition coefficient (Wildman–Crippen LogP) is 3.09. The molecule has 2 heterocycles. The summed E-state index contributed by atoms with van der Waals surface area (Å²) in [5.41, 5.74) is 3.08. The molecule has 0 N–H and O–H groups in total. The minimum absolute atomic E-state index is 0.106. The Kier molecular flexibility index (Phi) is 3.58. The molecule has 0 bridgehead atoms. The normalized spacial score (nSPS) is 14.5. The van der Waals surface area contributed by atoms with Gasteiger partial charge >= 0.3 is 0 Å². The standard InChI is InChI=1S/C18H14ClN3O2/c19-13-2-1-3-14(9-13)22-11-20-16-8-12(4-5-17(16)22)18(24)21-7-6-15(23)10-21/h1-5,8-9,11H,6-7,10H2. The van der Waals surface area contributed by atoms with E-state index in [1.54, 1.807) is 23.4 Å². The van der Waals surface area contributed by atoms with Gasteiger partial charge in [-0.25, -0.2) is 4.98 Å². The topological polar surface area (TPSA) is 55.2 Å². The molecule has 1 aliphatic rings. The van der Waals surface area contributed by atoms with Crippen molar-refractivity contribution in [3.63, 3.8) is 0 Å². The third-order valence-electron chi connectivity index (χ3n) is 4.20. The number of carbonyl (C=O) groups is 2. The Labute approximate surface area is 143 Å². The molecule has 0 saturated carbocycles. The highest BCUT2D eigenvalue weighted by Gasteiger charge is 2.25. The summed E-state index contributed by atoms with van der Waals surface area (Å²) in [6.07, 6.45) is 2.15. The largest absolute Gasteiger partial charge is 0.331 e. The Hall–Kier alpha value is -2.66. The SMILES string of the molecule is O=C1CCN(C(=O)c2ccc3c(c2)ncn3-c2cccc(Cl)c2)C1. The van der Waals surface area contributed by atoms with Crippen LogP contribution in [0.15, 0.2) is 48.8 Å². The molecule has 6 heteroatoms. The fourth-order valence-corrected chi connectivity index (χ4v) is 3.15. The van der Waals surface area contributed by atoms with E-state index in [1.807, 2.05) is 34.9 Å². The molecule has 0 aliphatic carbocycles. The van der Waals surface area contributed by atoms with Crippen molar-refractivity contribution in [2.45, 2.75) is 6.42 Å². The Morgan fingerprint density at radius 3 is 2.79 bits per heavy atom. The third kappa shape index (κ3) is 2.57. The van der Waals surface area contributed by atoms with Crippen LogP contribution in [0.1, 0.15) is 16.8 Å². The van der Waals surface area contributed by atoms with Gasteiger partial charge in [-0.2, -0.15) is 0 Å². The van der Waals surface area contributed by atoms with Gasteiger partial charge in [0.05, 0.1) is 17.6 Å². The van der Waals surface area contributed by atoms with E-state index in [2.05, 4.69) is 4.98 Å². The Balaban J connectivity index is 1.70. The summed E-state index contributed by atoms with van der Waals surface area (Å²) < 4.78 is 1.93. The lowest BCUT2D eigenvalue weighted by Gasteiger charge is -2.14. The smallest absolute Gasteiger partial charge is 0.254 e. The van der Waals surface area contributed by atoms with Crippen molar-refractivity contribution in [1.29, 1.82) is 0 Å². The van der Waals surface area contributed by atoms with Gasteiger partial charge in [0.25, 0.3) is 5.91 Å². The number of hydrogen-bond donors (Lipinski definition) is 0. The summed E-state index contributed by atoms with van der Waals surface area (Å²) in [5.74, 6) is -0.0188. The quantitative estimate of drug-likeness (QED) is 0.721. The van der Waals surface area contributed by atoms with Crippen molar-refractivity contribution in [2.24, 2.45) is 0 Å². The summed E-state index contributed by atoms with van der Waals surface area (Å²) in [5, 5.41) is 0.653. The molecule has 1 aliphatic heterocycles. The average Bonchev–Trinajstić information content (AvgIpc) is 3.19. The summed E-state index contributed by atoms with van der Waals surface area (Å²) in [4.78, 5) is 29.8. The van der Waals surface area contributed by atoms with E-state index in [9.17, 15) is 9.59 Å². The molecule has 0 radical (unpaired) electrons. The summed E-state index contributed by atoms with van der Waals surface area (Å²) in [7, 11) is 0. The molecule has 2 aromatic carbocycles. The number of carbonyl (C=O) groups excluding carboxylic acids is 2. The summed E-state index contributed by atoms with van der Waals surface area (Å²) in [6.45, 7) is 0.695. The molecule has 0 unspecified atom stereocenters. The zero-order valence-electron chi connectivity index (χ0n) is 12.8. The van der Waals surface area contributed by atoms with Gasteiger partial charge in [0.1, 0.15) is 6.33 Å². The number of fused-ring (bicyclic) bond motifs is 1. The summed E-state index contributed by atoms with van der Waals surface area (Å²) in [6, 6.07) is 12.9. The van der Waals surface area contributed by atoms with Gasteiger partial charge < -0.3 is 4.90 Å². The number of Topliss-reactive ketones (excluding diaryl/α,β-unsaturated/α-hetero) is 1. The first-order valence-corrected chi connectivity index (χ1v) is 8.03. The predicted molar refractivity (Wildman–Crippen MR) is 91.6 cm³/mol. The minimum Gasteiger partial charge on any atom is -0.331 e. The fourth-order valence-electron chi connectivity index (χ4n) is 2.96. The number of ketones is 1. The molecule has 0 atom stereocenters. The van der Waals surface area contributed by atoms with Gasteiger partial charge in [0.2, 0.25) is 0 Å². The zero-order valence-corrected chi connectivity index (χ0v) is 13.5. The maximum Gasteiger partial charge on any atom is 0.254 e. The van der Waals surface area contributed by atoms with Crippen LogP contribution in [0.4, 0.5) is 0 Å². The number of benzene rings is 2. The van der Waals surface area contributed by atoms with Crippen molar-refractivity contribution < 1.29 is 9.59 Å². The third-order valence-corrected chi connectivity index (χ3v) is 4.43. The molecular weight excluding hydrogens is 326 g/mol. The van der Waals surface area contributed by atoms with Crippen molar-refractivity contribution >= 4 is 34.3 Å². The van der Waals surface area contributed by atoms with Crippen LogP contribution in [-0.2, 0) is 4.79 Å². The number of nitrogens with zero attached hydrogens (tertiary/aromatic N) is 3. The number of halogens is 1. The second-order valence-electron chi connectivity index (χ2n) is 5.81. The van der Waals surface area contributed by atoms with Gasteiger partial charge in [-0.05, 0) is 36.4 Å². The van der Waals surface area contributed by atoms with Crippen molar-refractivity contribution in [3.8, 4) is 5.69 Å². The van der Waals surface area contributed by atoms with E-state index < -0.39 is 0 Å². The van der Waals surface area contributed by atoms with Crippen LogP contribution >= 0.6 is 11.6 Å². The Morgan fingerprint density at radius 1 is 1.17 bits per heavy atom. The van der Waals surface area contributed by atoms with Crippen LogP contribution in [0.5, 0.6) is 0 Å². The van der Waals surface area contributed by atoms with E-state index in [-0.39, 0.29) is 18.2 Å². The van der Waals surface area contributed by atoms with Crippen LogP contribution in [0.2, 0.25) is 5.02 Å². The molecule has 1 saturated heterocycles. The van der Waals surface area contributed by atoms with E-state index >= 15 is 0 Å². The van der Waals surface area contributed by atoms with Crippen LogP contribution < -0.4 is 0 Å². The van der Waals surface area contributed by atoms with Crippen molar-refractivity contribution in [3.05, 3.63) is 59.4 Å². The molecule has 4 rings (SSSR count). The number of likely N-dealkylation sites (tertiary alicyclic amines) is 1. The second-order valence-corrected chi connectivity index (χ2v) is 6.25. The van der Waals surface area contributed by atoms with E-state index in [0.29, 0.717) is 23.6 Å². The number of aromatic nitrogens is 2. The molecule has 1 fully saturated rings. The average molecular weight is 340 g/mol. The highest BCUT2D eigenvalue weighted by molar-refractivity contribution is 6.30. The van der Waals surface area contributed by atoms with Gasteiger partial charge in [-0.3, -0.25) is 14.2 Å². The highest BCUT2D eigenvalue weighted by atomic mass is 35.5. The maximum atomic E-state index is 12.5. The van der Waals surface area contributed by atoms with Crippen LogP contribution in [-0.4, -0.2) is 39.2 Å². The van der Waals surface area contributed by atoms with Gasteiger partial charge in [-0.15, -0.1) is 0 Å². The van der Waals surface area contributed by atoms with Crippen LogP contribution in [0.25, 0.3) is 16.7 Å². The maximum absolute atomic E-state index is 12.5. The van der Waals surface area contributed by atoms with Crippen LogP contribution in [0.3, 0.4) is 0 Å². The van der Waals surface area contributed by atoms with E-state index in [0.717, 1.165) is 16.7 Å². The van der Waals surface area contributed by atoms with Crippen molar-refractivity contribution in [2.75, 3.05) is 13.1 Å². The molecule has 24 heavy (non-hydrogen) atoms. The second kappa shape index (κ2) is 5.76. The Bertz CT molecular complexity index is 964. The number of hydrogen-bond acceptors (Lipinski definition) is 3. The Morgan fingerprint density at radius 2 is 2.04 bits per heavy atom. The van der Waals surface area contributed by atoms with Gasteiger partial charge in [0, 0.05) is 29.2 Å². The highest BCUT2D eigenvalue weighted by Crippen LogP contribution is 2.22. The van der Waals surface area contributed by atoms with E-state index in [1.165, 1.54) is 0 Å². The van der Waals surface area contributed by atoms with E-state index in [4.69, 9.17) is 11.6 Å². The molecule has 5 nitrogen and oxygen atoms in total. The first-order chi connectivity index (χ1) is 11.6. The first kappa shape index (κ1) is 14.9. The monoisotopic (exact) mass is 339 g/mol.